The average molecular weight is 458 g/mol. The van der Waals surface area contributed by atoms with Crippen molar-refractivity contribution in [2.45, 2.75) is 114 Å². The van der Waals surface area contributed by atoms with Crippen molar-refractivity contribution >= 4 is 12.3 Å². The minimum Gasteiger partial charge on any atom is -0.431 e. The average Bonchev–Trinajstić information content (AvgIpc) is 2.76. The molecule has 3 aliphatic carbocycles. The topological polar surface area (TPSA) is 157 Å². The molecule has 32 heavy (non-hydrogen) atoms. The molecule has 12 nitrogen and oxygen atoms in total. The number of carbonyl (C=O) groups excluding carboxylic acids is 2. The maximum Gasteiger partial charge on any atom is 0.508 e. The molecule has 0 bridgehead atoms. The Bertz CT molecular complexity index is 620. The van der Waals surface area contributed by atoms with Crippen LogP contribution < -0.4 is 0 Å². The highest BCUT2D eigenvalue weighted by Gasteiger charge is 2.34. The molecule has 0 amide bonds. The highest BCUT2D eigenvalue weighted by atomic mass is 16.7. The first-order valence-electron chi connectivity index (χ1n) is 11.3. The fraction of sp³-hybridized carbons (Fsp3) is 0.900. The Kier molecular flexibility index (Phi) is 8.46. The molecule has 3 rings (SSSR count). The van der Waals surface area contributed by atoms with E-state index in [1.54, 1.807) is 0 Å². The molecule has 180 valence electrons. The molecule has 0 aliphatic heterocycles. The second kappa shape index (κ2) is 11.3. The maximum absolute atomic E-state index is 12.0. The van der Waals surface area contributed by atoms with Crippen LogP contribution in [0.5, 0.6) is 0 Å². The maximum atomic E-state index is 12.0. The van der Waals surface area contributed by atoms with Crippen LogP contribution in [0.15, 0.2) is 0 Å². The molecule has 3 fully saturated rings. The van der Waals surface area contributed by atoms with Gasteiger partial charge in [-0.3, -0.25) is 20.2 Å². The number of rotatable bonds is 6. The molecule has 0 aromatic rings. The van der Waals surface area contributed by atoms with Crippen molar-refractivity contribution in [1.29, 1.82) is 0 Å². The second-order valence-corrected chi connectivity index (χ2v) is 8.80. The first kappa shape index (κ1) is 24.0. The van der Waals surface area contributed by atoms with E-state index < -0.39 is 24.4 Å². The van der Waals surface area contributed by atoms with Crippen molar-refractivity contribution < 1.29 is 38.4 Å². The Morgan fingerprint density at radius 2 is 0.719 bits per heavy atom. The van der Waals surface area contributed by atoms with Crippen LogP contribution in [0.3, 0.4) is 0 Å². The van der Waals surface area contributed by atoms with Crippen molar-refractivity contribution in [3.63, 3.8) is 0 Å². The summed E-state index contributed by atoms with van der Waals surface area (Å²) >= 11 is 0. The van der Waals surface area contributed by atoms with Gasteiger partial charge in [-0.05, 0) is 51.4 Å². The van der Waals surface area contributed by atoms with Gasteiger partial charge in [-0.15, -0.1) is 0 Å². The zero-order chi connectivity index (χ0) is 23.1. The van der Waals surface area contributed by atoms with Gasteiger partial charge in [0.15, 0.2) is 0 Å². The molecule has 0 N–H and O–H groups in total. The third-order valence-electron chi connectivity index (χ3n) is 6.56. The molecule has 3 aliphatic rings. The van der Waals surface area contributed by atoms with Crippen molar-refractivity contribution in [1.82, 2.24) is 0 Å². The lowest BCUT2D eigenvalue weighted by molar-refractivity contribution is -0.527. The standard InChI is InChI=1S/C20H30N2O10/c23-19(29-15-5-1-13(2-6-15)21(25)26)31-17-9-11-18(12-10-17)32-20(24)30-16-7-3-14(4-8-16)22(27)28/h13-18H,1-12H2. The van der Waals surface area contributed by atoms with Crippen LogP contribution in [0.4, 0.5) is 9.59 Å². The number of nitrogens with zero attached hydrogens (tertiary/aromatic N) is 2. The minimum absolute atomic E-state index is 0.286. The van der Waals surface area contributed by atoms with Crippen LogP contribution in [-0.4, -0.2) is 58.7 Å². The van der Waals surface area contributed by atoms with Gasteiger partial charge in [0.05, 0.1) is 0 Å². The van der Waals surface area contributed by atoms with Crippen molar-refractivity contribution in [2.24, 2.45) is 0 Å². The summed E-state index contributed by atoms with van der Waals surface area (Å²) in [7, 11) is 0. The number of hydrogen-bond acceptors (Lipinski definition) is 10. The largest absolute Gasteiger partial charge is 0.508 e. The molecule has 0 aromatic carbocycles. The Morgan fingerprint density at radius 1 is 0.500 bits per heavy atom. The van der Waals surface area contributed by atoms with Crippen LogP contribution in [0.1, 0.15) is 77.0 Å². The van der Waals surface area contributed by atoms with Gasteiger partial charge in [0, 0.05) is 35.5 Å². The van der Waals surface area contributed by atoms with E-state index in [2.05, 4.69) is 0 Å². The quantitative estimate of drug-likeness (QED) is 0.326. The number of ether oxygens (including phenoxy) is 4. The number of nitro groups is 2. The zero-order valence-electron chi connectivity index (χ0n) is 17.9. The molecule has 0 heterocycles. The first-order valence-corrected chi connectivity index (χ1v) is 11.3. The van der Waals surface area contributed by atoms with E-state index in [9.17, 15) is 29.8 Å². The first-order chi connectivity index (χ1) is 15.3. The Morgan fingerprint density at radius 3 is 0.938 bits per heavy atom. The van der Waals surface area contributed by atoms with Gasteiger partial charge in [-0.1, -0.05) is 0 Å². The van der Waals surface area contributed by atoms with Gasteiger partial charge in [0.1, 0.15) is 24.4 Å². The molecule has 0 saturated heterocycles. The van der Waals surface area contributed by atoms with E-state index in [0.717, 1.165) is 0 Å². The smallest absolute Gasteiger partial charge is 0.431 e. The van der Waals surface area contributed by atoms with Gasteiger partial charge in [-0.25, -0.2) is 9.59 Å². The molecule has 0 atom stereocenters. The molecular weight excluding hydrogens is 428 g/mol. The van der Waals surface area contributed by atoms with Crippen LogP contribution in [0, 0.1) is 20.2 Å². The number of carbonyl (C=O) groups is 2. The lowest BCUT2D eigenvalue weighted by atomic mass is 9.93. The van der Waals surface area contributed by atoms with E-state index >= 15 is 0 Å². The zero-order valence-corrected chi connectivity index (χ0v) is 17.9. The van der Waals surface area contributed by atoms with Gasteiger partial charge in [-0.2, -0.15) is 0 Å². The summed E-state index contributed by atoms with van der Waals surface area (Å²) in [5, 5.41) is 21.6. The number of hydrogen-bond donors (Lipinski definition) is 0. The summed E-state index contributed by atoms with van der Waals surface area (Å²) in [6, 6.07) is -1.13. The summed E-state index contributed by atoms with van der Waals surface area (Å²) in [5.41, 5.74) is 0. The predicted molar refractivity (Wildman–Crippen MR) is 107 cm³/mol. The van der Waals surface area contributed by atoms with Crippen LogP contribution >= 0.6 is 0 Å². The van der Waals surface area contributed by atoms with Gasteiger partial charge in [0.25, 0.3) is 0 Å². The Hall–Kier alpha value is -2.66. The summed E-state index contributed by atoms with van der Waals surface area (Å²) < 4.78 is 21.3. The third-order valence-corrected chi connectivity index (χ3v) is 6.56. The van der Waals surface area contributed by atoms with Crippen LogP contribution in [-0.2, 0) is 18.9 Å². The molecule has 0 spiro atoms. The molecule has 0 unspecified atom stereocenters. The van der Waals surface area contributed by atoms with Gasteiger partial charge < -0.3 is 18.9 Å². The second-order valence-electron chi connectivity index (χ2n) is 8.80. The van der Waals surface area contributed by atoms with E-state index in [1.807, 2.05) is 0 Å². The van der Waals surface area contributed by atoms with E-state index in [1.165, 1.54) is 0 Å². The third kappa shape index (κ3) is 7.20. The summed E-state index contributed by atoms with van der Waals surface area (Å²) in [6.07, 6.45) is 2.59. The summed E-state index contributed by atoms with van der Waals surface area (Å²) in [4.78, 5) is 45.0. The summed E-state index contributed by atoms with van der Waals surface area (Å²) in [5.74, 6) is 0. The van der Waals surface area contributed by atoms with Crippen LogP contribution in [0.2, 0.25) is 0 Å². The highest BCUT2D eigenvalue weighted by molar-refractivity contribution is 5.61. The van der Waals surface area contributed by atoms with Crippen molar-refractivity contribution in [2.75, 3.05) is 0 Å². The molecule has 0 radical (unpaired) electrons. The Balaban J connectivity index is 1.28. The summed E-state index contributed by atoms with van der Waals surface area (Å²) in [6.45, 7) is 0. The van der Waals surface area contributed by atoms with E-state index in [0.29, 0.717) is 77.0 Å². The molecule has 12 heteroatoms. The molecule has 3 saturated carbocycles. The minimum atomic E-state index is -0.761. The normalized spacial score (nSPS) is 32.9. The van der Waals surface area contributed by atoms with E-state index in [4.69, 9.17) is 18.9 Å². The molecule has 0 aromatic heterocycles. The van der Waals surface area contributed by atoms with Crippen molar-refractivity contribution in [3.8, 4) is 0 Å². The van der Waals surface area contributed by atoms with Crippen LogP contribution in [0.25, 0.3) is 0 Å². The monoisotopic (exact) mass is 458 g/mol. The predicted octanol–water partition coefficient (Wildman–Crippen LogP) is 3.78. The highest BCUT2D eigenvalue weighted by Crippen LogP contribution is 2.28. The van der Waals surface area contributed by atoms with Crippen molar-refractivity contribution in [3.05, 3.63) is 20.2 Å². The Labute approximate surface area is 185 Å². The van der Waals surface area contributed by atoms with E-state index in [-0.39, 0.29) is 34.3 Å². The lowest BCUT2D eigenvalue weighted by Gasteiger charge is -2.29. The van der Waals surface area contributed by atoms with Gasteiger partial charge in [0.2, 0.25) is 12.1 Å². The lowest BCUT2D eigenvalue weighted by Crippen LogP contribution is -2.34. The SMILES string of the molecule is O=C(OC1CCC(OC(=O)OC2CCC([N+](=O)[O-])CC2)CC1)OC1CCC([N+](=O)[O-])CC1. The fourth-order valence-corrected chi connectivity index (χ4v) is 4.62. The fourth-order valence-electron chi connectivity index (χ4n) is 4.62. The molecular formula is C20H30N2O10. The van der Waals surface area contributed by atoms with Gasteiger partial charge >= 0.3 is 12.3 Å².